The number of hydrogen-bond acceptors (Lipinski definition) is 4. The Hall–Kier alpha value is -0.910. The van der Waals surface area contributed by atoms with E-state index in [4.69, 9.17) is 5.73 Å². The molecule has 0 bridgehead atoms. The Kier molecular flexibility index (Phi) is 4.15. The fourth-order valence-electron chi connectivity index (χ4n) is 1.54. The van der Waals surface area contributed by atoms with Gasteiger partial charge in [-0.2, -0.15) is 0 Å². The number of nitrogens with two attached hydrogens (primary N) is 1. The Morgan fingerprint density at radius 2 is 2.24 bits per heavy atom. The number of nitrogens with one attached hydrogen (secondary N) is 1. The summed E-state index contributed by atoms with van der Waals surface area (Å²) in [5.41, 5.74) is 8.93. The van der Waals surface area contributed by atoms with Crippen LogP contribution >= 0.6 is 27.3 Å². The fraction of sp³-hybridized carbons (Fsp3) is 0.250. The van der Waals surface area contributed by atoms with Gasteiger partial charge in [0, 0.05) is 28.6 Å². The fourth-order valence-corrected chi connectivity index (χ4v) is 2.53. The summed E-state index contributed by atoms with van der Waals surface area (Å²) in [5.74, 6) is 0. The van der Waals surface area contributed by atoms with Gasteiger partial charge in [0.25, 0.3) is 0 Å². The quantitative estimate of drug-likeness (QED) is 0.853. The molecule has 5 heteroatoms. The molecule has 0 aliphatic heterocycles. The van der Waals surface area contributed by atoms with Crippen LogP contribution in [0.4, 0.5) is 5.69 Å². The predicted octanol–water partition coefficient (Wildman–Crippen LogP) is 3.09. The predicted molar refractivity (Wildman–Crippen MR) is 75.9 cm³/mol. The minimum absolute atomic E-state index is 0.760. The Balaban J connectivity index is 1.90. The van der Waals surface area contributed by atoms with Gasteiger partial charge in [0.1, 0.15) is 0 Å². The van der Waals surface area contributed by atoms with Crippen LogP contribution in [0, 0.1) is 6.92 Å². The molecule has 0 spiro atoms. The van der Waals surface area contributed by atoms with Crippen LogP contribution in [0.5, 0.6) is 0 Å². The minimum Gasteiger partial charge on any atom is -0.398 e. The van der Waals surface area contributed by atoms with Gasteiger partial charge in [-0.25, -0.2) is 4.98 Å². The van der Waals surface area contributed by atoms with Crippen LogP contribution in [0.25, 0.3) is 0 Å². The minimum atomic E-state index is 0.760. The average molecular weight is 312 g/mol. The Labute approximate surface area is 113 Å². The molecule has 17 heavy (non-hydrogen) atoms. The van der Waals surface area contributed by atoms with Gasteiger partial charge in [-0.3, -0.25) is 0 Å². The molecule has 0 saturated heterocycles. The van der Waals surface area contributed by atoms with Gasteiger partial charge in [0.2, 0.25) is 0 Å². The highest BCUT2D eigenvalue weighted by Gasteiger charge is 2.01. The lowest BCUT2D eigenvalue weighted by Crippen LogP contribution is -2.14. The van der Waals surface area contributed by atoms with Gasteiger partial charge in [-0.15, -0.1) is 11.3 Å². The van der Waals surface area contributed by atoms with E-state index in [9.17, 15) is 0 Å². The third-order valence-electron chi connectivity index (χ3n) is 2.40. The highest BCUT2D eigenvalue weighted by Crippen LogP contribution is 2.18. The SMILES string of the molecule is Cc1nc(CNCc2ccc(Br)cc2N)cs1. The Morgan fingerprint density at radius 3 is 2.88 bits per heavy atom. The average Bonchev–Trinajstić information content (AvgIpc) is 2.68. The summed E-state index contributed by atoms with van der Waals surface area (Å²) in [7, 11) is 0. The van der Waals surface area contributed by atoms with Crippen LogP contribution in [0.1, 0.15) is 16.3 Å². The summed E-state index contributed by atoms with van der Waals surface area (Å²) >= 11 is 5.07. The third-order valence-corrected chi connectivity index (χ3v) is 3.71. The van der Waals surface area contributed by atoms with E-state index in [2.05, 4.69) is 31.6 Å². The zero-order chi connectivity index (χ0) is 12.3. The molecular weight excluding hydrogens is 298 g/mol. The molecule has 1 aromatic carbocycles. The first-order valence-corrected chi connectivity index (χ1v) is 6.98. The number of rotatable bonds is 4. The van der Waals surface area contributed by atoms with Gasteiger partial charge in [0.15, 0.2) is 0 Å². The van der Waals surface area contributed by atoms with Crippen molar-refractivity contribution in [2.75, 3.05) is 5.73 Å². The molecule has 2 rings (SSSR count). The number of hydrogen-bond donors (Lipinski definition) is 2. The van der Waals surface area contributed by atoms with E-state index in [1.165, 1.54) is 0 Å². The van der Waals surface area contributed by atoms with Crippen LogP contribution < -0.4 is 11.1 Å². The number of halogens is 1. The monoisotopic (exact) mass is 311 g/mol. The maximum atomic E-state index is 5.92. The number of nitrogen functional groups attached to an aromatic ring is 1. The standard InChI is InChI=1S/C12H14BrN3S/c1-8-16-11(7-17-8)6-15-5-9-2-3-10(13)4-12(9)14/h2-4,7,15H,5-6,14H2,1H3. The van der Waals surface area contributed by atoms with Crippen molar-refractivity contribution in [3.8, 4) is 0 Å². The second kappa shape index (κ2) is 5.62. The van der Waals surface area contributed by atoms with E-state index in [1.54, 1.807) is 11.3 Å². The van der Waals surface area contributed by atoms with E-state index in [0.717, 1.165) is 39.5 Å². The Bertz CT molecular complexity index is 510. The third kappa shape index (κ3) is 3.52. The lowest BCUT2D eigenvalue weighted by Gasteiger charge is -2.07. The van der Waals surface area contributed by atoms with Crippen molar-refractivity contribution in [2.24, 2.45) is 0 Å². The lowest BCUT2D eigenvalue weighted by atomic mass is 10.2. The van der Waals surface area contributed by atoms with E-state index >= 15 is 0 Å². The number of nitrogens with zero attached hydrogens (tertiary/aromatic N) is 1. The van der Waals surface area contributed by atoms with Crippen molar-refractivity contribution in [1.82, 2.24) is 10.3 Å². The maximum absolute atomic E-state index is 5.92. The molecule has 1 aromatic heterocycles. The van der Waals surface area contributed by atoms with E-state index in [-0.39, 0.29) is 0 Å². The largest absolute Gasteiger partial charge is 0.398 e. The van der Waals surface area contributed by atoms with Crippen molar-refractivity contribution in [2.45, 2.75) is 20.0 Å². The first-order valence-electron chi connectivity index (χ1n) is 5.31. The van der Waals surface area contributed by atoms with E-state index < -0.39 is 0 Å². The molecule has 0 saturated carbocycles. The first-order chi connectivity index (χ1) is 8.15. The molecule has 0 radical (unpaired) electrons. The zero-order valence-corrected chi connectivity index (χ0v) is 11.9. The summed E-state index contributed by atoms with van der Waals surface area (Å²) in [6.45, 7) is 3.55. The maximum Gasteiger partial charge on any atom is 0.0897 e. The van der Waals surface area contributed by atoms with Crippen LogP contribution in [-0.2, 0) is 13.1 Å². The molecule has 0 amide bonds. The molecule has 0 fully saturated rings. The van der Waals surface area contributed by atoms with Gasteiger partial charge in [-0.1, -0.05) is 22.0 Å². The zero-order valence-electron chi connectivity index (χ0n) is 9.53. The van der Waals surface area contributed by atoms with Crippen molar-refractivity contribution in [3.05, 3.63) is 44.3 Å². The molecule has 0 unspecified atom stereocenters. The summed E-state index contributed by atoms with van der Waals surface area (Å²) in [4.78, 5) is 4.40. The second-order valence-electron chi connectivity index (χ2n) is 3.80. The number of benzene rings is 1. The van der Waals surface area contributed by atoms with Crippen molar-refractivity contribution < 1.29 is 0 Å². The van der Waals surface area contributed by atoms with Gasteiger partial charge in [0.05, 0.1) is 10.7 Å². The molecule has 3 nitrogen and oxygen atoms in total. The molecule has 0 aliphatic carbocycles. The molecule has 2 aromatic rings. The van der Waals surface area contributed by atoms with Crippen LogP contribution in [0.3, 0.4) is 0 Å². The van der Waals surface area contributed by atoms with Crippen molar-refractivity contribution in [1.29, 1.82) is 0 Å². The molecule has 0 aliphatic rings. The van der Waals surface area contributed by atoms with Crippen molar-refractivity contribution in [3.63, 3.8) is 0 Å². The van der Waals surface area contributed by atoms with E-state index in [0.29, 0.717) is 0 Å². The number of aromatic nitrogens is 1. The first kappa shape index (κ1) is 12.5. The van der Waals surface area contributed by atoms with Crippen LogP contribution in [0.2, 0.25) is 0 Å². The summed E-state index contributed by atoms with van der Waals surface area (Å²) in [6.07, 6.45) is 0. The second-order valence-corrected chi connectivity index (χ2v) is 5.78. The molecule has 90 valence electrons. The summed E-state index contributed by atoms with van der Waals surface area (Å²) in [5, 5.41) is 6.52. The lowest BCUT2D eigenvalue weighted by molar-refractivity contribution is 0.683. The molecule has 3 N–H and O–H groups in total. The van der Waals surface area contributed by atoms with Gasteiger partial charge in [-0.05, 0) is 24.6 Å². The van der Waals surface area contributed by atoms with E-state index in [1.807, 2.05) is 25.1 Å². The highest BCUT2D eigenvalue weighted by atomic mass is 79.9. The Morgan fingerprint density at radius 1 is 1.41 bits per heavy atom. The molecule has 1 heterocycles. The highest BCUT2D eigenvalue weighted by molar-refractivity contribution is 9.10. The normalized spacial score (nSPS) is 10.7. The smallest absolute Gasteiger partial charge is 0.0897 e. The van der Waals surface area contributed by atoms with Gasteiger partial charge >= 0.3 is 0 Å². The number of anilines is 1. The van der Waals surface area contributed by atoms with Gasteiger partial charge < -0.3 is 11.1 Å². The summed E-state index contributed by atoms with van der Waals surface area (Å²) in [6, 6.07) is 5.95. The summed E-state index contributed by atoms with van der Waals surface area (Å²) < 4.78 is 1.01. The number of thiazole rings is 1. The van der Waals surface area contributed by atoms with Crippen LogP contribution in [-0.4, -0.2) is 4.98 Å². The number of aryl methyl sites for hydroxylation is 1. The topological polar surface area (TPSA) is 50.9 Å². The van der Waals surface area contributed by atoms with Crippen LogP contribution in [0.15, 0.2) is 28.1 Å². The van der Waals surface area contributed by atoms with Crippen molar-refractivity contribution >= 4 is 33.0 Å². The molecule has 0 atom stereocenters. The molecular formula is C12H14BrN3S.